The van der Waals surface area contributed by atoms with Gasteiger partial charge in [-0.05, 0) is 49.2 Å². The zero-order valence-corrected chi connectivity index (χ0v) is 18.7. The third kappa shape index (κ3) is 3.98. The van der Waals surface area contributed by atoms with Crippen LogP contribution in [0, 0.1) is 0 Å². The van der Waals surface area contributed by atoms with E-state index in [9.17, 15) is 18.0 Å². The molecule has 4 rings (SSSR count). The van der Waals surface area contributed by atoms with Crippen molar-refractivity contribution in [1.29, 1.82) is 0 Å². The molecule has 9 nitrogen and oxygen atoms in total. The van der Waals surface area contributed by atoms with Gasteiger partial charge in [-0.2, -0.15) is 9.40 Å². The molecule has 10 heteroatoms. The van der Waals surface area contributed by atoms with Crippen molar-refractivity contribution in [2.45, 2.75) is 23.7 Å². The number of esters is 1. The van der Waals surface area contributed by atoms with Crippen LogP contribution in [0.1, 0.15) is 34.9 Å². The summed E-state index contributed by atoms with van der Waals surface area (Å²) in [6.45, 7) is 0.588. The number of ether oxygens (including phenoxy) is 1. The van der Waals surface area contributed by atoms with Crippen LogP contribution in [0.25, 0.3) is 5.69 Å². The molecule has 0 bridgehead atoms. The number of benzene rings is 2. The number of hydrogen-bond acceptors (Lipinski definition) is 6. The number of sulfonamides is 1. The molecule has 1 aromatic heterocycles. The molecule has 0 amide bonds. The Labute approximate surface area is 185 Å². The zero-order valence-electron chi connectivity index (χ0n) is 17.8. The second kappa shape index (κ2) is 8.71. The molecule has 0 radical (unpaired) electrons. The third-order valence-electron chi connectivity index (χ3n) is 5.63. The average Bonchev–Trinajstić information content (AvgIpc) is 3.13. The molecule has 0 N–H and O–H groups in total. The van der Waals surface area contributed by atoms with E-state index in [4.69, 9.17) is 0 Å². The molecule has 3 aromatic rings. The minimum atomic E-state index is -3.77. The molecule has 1 aliphatic rings. The Bertz CT molecular complexity index is 1280. The fourth-order valence-electron chi connectivity index (χ4n) is 3.97. The van der Waals surface area contributed by atoms with Crippen LogP contribution in [0.4, 0.5) is 0 Å². The lowest BCUT2D eigenvalue weighted by Crippen LogP contribution is -2.40. The zero-order chi connectivity index (χ0) is 22.9. The summed E-state index contributed by atoms with van der Waals surface area (Å²) in [5, 5.41) is 4.43. The molecule has 168 valence electrons. The Balaban J connectivity index is 1.64. The van der Waals surface area contributed by atoms with E-state index in [1.807, 2.05) is 30.3 Å². The minimum Gasteiger partial charge on any atom is -0.465 e. The first-order valence-corrected chi connectivity index (χ1v) is 11.7. The predicted molar refractivity (Wildman–Crippen MR) is 117 cm³/mol. The second-order valence-corrected chi connectivity index (χ2v) is 9.59. The summed E-state index contributed by atoms with van der Waals surface area (Å²) in [5.74, 6) is -0.215. The van der Waals surface area contributed by atoms with E-state index in [-0.39, 0.29) is 28.6 Å². The van der Waals surface area contributed by atoms with Gasteiger partial charge in [0.1, 0.15) is 5.82 Å². The lowest BCUT2D eigenvalue weighted by molar-refractivity contribution is 0.0600. The molecule has 0 spiro atoms. The first kappa shape index (κ1) is 22.0. The van der Waals surface area contributed by atoms with Gasteiger partial charge < -0.3 is 4.74 Å². The summed E-state index contributed by atoms with van der Waals surface area (Å²) in [6, 6.07) is 14.9. The van der Waals surface area contributed by atoms with Crippen LogP contribution in [0.15, 0.2) is 64.3 Å². The number of methoxy groups -OCH3 is 1. The quantitative estimate of drug-likeness (QED) is 0.544. The van der Waals surface area contributed by atoms with E-state index in [2.05, 4.69) is 9.84 Å². The number of aromatic nitrogens is 3. The monoisotopic (exact) mass is 456 g/mol. The fraction of sp³-hybridized carbons (Fsp3) is 0.318. The second-order valence-electron chi connectivity index (χ2n) is 7.65. The number of aryl methyl sites for hydroxylation is 1. The van der Waals surface area contributed by atoms with E-state index >= 15 is 0 Å². The lowest BCUT2D eigenvalue weighted by Gasteiger charge is -2.31. The average molecular weight is 457 g/mol. The van der Waals surface area contributed by atoms with Crippen molar-refractivity contribution in [3.05, 3.63) is 76.5 Å². The molecule has 0 aliphatic carbocycles. The van der Waals surface area contributed by atoms with Gasteiger partial charge in [-0.1, -0.05) is 18.2 Å². The Morgan fingerprint density at radius 3 is 2.44 bits per heavy atom. The van der Waals surface area contributed by atoms with Gasteiger partial charge in [0.15, 0.2) is 0 Å². The van der Waals surface area contributed by atoms with Crippen LogP contribution < -0.4 is 5.69 Å². The normalized spacial score (nSPS) is 17.2. The van der Waals surface area contributed by atoms with Crippen molar-refractivity contribution >= 4 is 16.0 Å². The highest BCUT2D eigenvalue weighted by Gasteiger charge is 2.34. The third-order valence-corrected chi connectivity index (χ3v) is 7.51. The van der Waals surface area contributed by atoms with Gasteiger partial charge >= 0.3 is 11.7 Å². The molecule has 1 fully saturated rings. The van der Waals surface area contributed by atoms with Gasteiger partial charge in [0.25, 0.3) is 0 Å². The van der Waals surface area contributed by atoms with Gasteiger partial charge in [0.05, 0.1) is 23.3 Å². The number of piperidine rings is 1. The van der Waals surface area contributed by atoms with E-state index in [0.717, 1.165) is 6.42 Å². The van der Waals surface area contributed by atoms with Crippen molar-refractivity contribution in [2.75, 3.05) is 20.2 Å². The van der Waals surface area contributed by atoms with Gasteiger partial charge in [0.2, 0.25) is 10.0 Å². The fourth-order valence-corrected chi connectivity index (χ4v) is 5.49. The first-order chi connectivity index (χ1) is 15.3. The van der Waals surface area contributed by atoms with Crippen LogP contribution in [-0.2, 0) is 21.8 Å². The standard InChI is InChI=1S/C22H24N4O5S/c1-24-22(28)26(18-8-4-3-5-9-18)20(23-24)17-7-6-14-25(15-17)32(29,30)19-12-10-16(11-13-19)21(27)31-2/h3-5,8-13,17H,6-7,14-15H2,1-2H3. The highest BCUT2D eigenvalue weighted by atomic mass is 32.2. The minimum absolute atomic E-state index is 0.104. The van der Waals surface area contributed by atoms with Crippen LogP contribution in [0.2, 0.25) is 0 Å². The summed E-state index contributed by atoms with van der Waals surface area (Å²) >= 11 is 0. The Morgan fingerprint density at radius 2 is 1.78 bits per heavy atom. The molecule has 1 unspecified atom stereocenters. The lowest BCUT2D eigenvalue weighted by atomic mass is 9.98. The maximum atomic E-state index is 13.3. The Hall–Kier alpha value is -3.24. The van der Waals surface area contributed by atoms with Crippen molar-refractivity contribution in [3.63, 3.8) is 0 Å². The number of carbonyl (C=O) groups is 1. The van der Waals surface area contributed by atoms with Crippen LogP contribution >= 0.6 is 0 Å². The highest BCUT2D eigenvalue weighted by molar-refractivity contribution is 7.89. The summed E-state index contributed by atoms with van der Waals surface area (Å²) in [5.41, 5.74) is 0.701. The maximum absolute atomic E-state index is 13.3. The van der Waals surface area contributed by atoms with Gasteiger partial charge in [0, 0.05) is 26.1 Å². The number of carbonyl (C=O) groups excluding carboxylic acids is 1. The summed E-state index contributed by atoms with van der Waals surface area (Å²) in [6.07, 6.45) is 1.36. The SMILES string of the molecule is COC(=O)c1ccc(S(=O)(=O)N2CCCC(c3nn(C)c(=O)n3-c3ccccc3)C2)cc1. The van der Waals surface area contributed by atoms with Crippen molar-refractivity contribution in [3.8, 4) is 5.69 Å². The topological polar surface area (TPSA) is 104 Å². The first-order valence-electron chi connectivity index (χ1n) is 10.2. The molecule has 0 saturated carbocycles. The number of rotatable bonds is 5. The maximum Gasteiger partial charge on any atom is 0.350 e. The van der Waals surface area contributed by atoms with Crippen LogP contribution in [0.3, 0.4) is 0 Å². The van der Waals surface area contributed by atoms with E-state index in [1.165, 1.54) is 40.4 Å². The highest BCUT2D eigenvalue weighted by Crippen LogP contribution is 2.30. The van der Waals surface area contributed by atoms with E-state index in [1.54, 1.807) is 11.6 Å². The summed E-state index contributed by atoms with van der Waals surface area (Å²) in [7, 11) is -0.914. The molecule has 2 aromatic carbocycles. The molecule has 1 aliphatic heterocycles. The van der Waals surface area contributed by atoms with E-state index in [0.29, 0.717) is 24.5 Å². The smallest absolute Gasteiger partial charge is 0.350 e. The molecular weight excluding hydrogens is 432 g/mol. The van der Waals surface area contributed by atoms with E-state index < -0.39 is 16.0 Å². The molecule has 2 heterocycles. The van der Waals surface area contributed by atoms with Gasteiger partial charge in [-0.25, -0.2) is 27.3 Å². The number of nitrogens with zero attached hydrogens (tertiary/aromatic N) is 4. The predicted octanol–water partition coefficient (Wildman–Crippen LogP) is 1.93. The van der Waals surface area contributed by atoms with Crippen LogP contribution in [-0.4, -0.2) is 53.2 Å². The number of para-hydroxylation sites is 1. The van der Waals surface area contributed by atoms with Crippen molar-refractivity contribution < 1.29 is 17.9 Å². The van der Waals surface area contributed by atoms with Crippen molar-refractivity contribution in [1.82, 2.24) is 18.7 Å². The molecular formula is C22H24N4O5S. The Morgan fingerprint density at radius 1 is 1.09 bits per heavy atom. The molecule has 1 saturated heterocycles. The molecule has 1 atom stereocenters. The largest absolute Gasteiger partial charge is 0.465 e. The van der Waals surface area contributed by atoms with Gasteiger partial charge in [-0.3, -0.25) is 0 Å². The number of hydrogen-bond donors (Lipinski definition) is 0. The summed E-state index contributed by atoms with van der Waals surface area (Å²) < 4.78 is 35.4. The molecule has 32 heavy (non-hydrogen) atoms. The van der Waals surface area contributed by atoms with Gasteiger partial charge in [-0.15, -0.1) is 0 Å². The summed E-state index contributed by atoms with van der Waals surface area (Å²) in [4.78, 5) is 24.5. The van der Waals surface area contributed by atoms with Crippen LogP contribution in [0.5, 0.6) is 0 Å². The Kier molecular flexibility index (Phi) is 5.98. The van der Waals surface area contributed by atoms with Crippen molar-refractivity contribution in [2.24, 2.45) is 7.05 Å².